The van der Waals surface area contributed by atoms with Crippen LogP contribution >= 0.6 is 0 Å². The molecular weight excluding hydrogens is 272 g/mol. The molecule has 0 unspecified atom stereocenters. The van der Waals surface area contributed by atoms with Gasteiger partial charge in [-0.05, 0) is 42.7 Å². The molecule has 114 valence electrons. The molecule has 1 aromatic heterocycles. The van der Waals surface area contributed by atoms with Crippen LogP contribution in [0, 0.1) is 0 Å². The van der Waals surface area contributed by atoms with Crippen LogP contribution in [0.4, 0.5) is 0 Å². The van der Waals surface area contributed by atoms with Crippen molar-refractivity contribution in [1.29, 1.82) is 0 Å². The quantitative estimate of drug-likeness (QED) is 0.533. The van der Waals surface area contributed by atoms with Crippen molar-refractivity contribution in [3.63, 3.8) is 0 Å². The molecule has 2 heteroatoms. The van der Waals surface area contributed by atoms with Gasteiger partial charge in [0.05, 0.1) is 7.11 Å². The number of methoxy groups -OCH3 is 1. The summed E-state index contributed by atoms with van der Waals surface area (Å²) in [5, 5.41) is 1.07. The monoisotopic (exact) mass is 294 g/mol. The van der Waals surface area contributed by atoms with E-state index in [9.17, 15) is 0 Å². The van der Waals surface area contributed by atoms with E-state index in [-0.39, 0.29) is 0 Å². The molecule has 0 atom stereocenters. The van der Waals surface area contributed by atoms with E-state index < -0.39 is 0 Å². The van der Waals surface area contributed by atoms with Crippen molar-refractivity contribution in [2.75, 3.05) is 7.11 Å². The van der Waals surface area contributed by atoms with E-state index in [1.54, 1.807) is 7.11 Å². The van der Waals surface area contributed by atoms with E-state index in [0.717, 1.165) is 34.5 Å². The van der Waals surface area contributed by atoms with Crippen molar-refractivity contribution in [3.8, 4) is 17.1 Å². The Bertz CT molecular complexity index is 738. The molecule has 0 radical (unpaired) electrons. The van der Waals surface area contributed by atoms with Crippen LogP contribution in [0.15, 0.2) is 52.9 Å². The van der Waals surface area contributed by atoms with Gasteiger partial charge in [0.2, 0.25) is 0 Å². The van der Waals surface area contributed by atoms with Crippen molar-refractivity contribution in [3.05, 3.63) is 54.1 Å². The molecule has 0 fully saturated rings. The first kappa shape index (κ1) is 14.7. The number of ether oxygens (including phenoxy) is 1. The third kappa shape index (κ3) is 3.16. The zero-order valence-electron chi connectivity index (χ0n) is 13.3. The average Bonchev–Trinajstić information content (AvgIpc) is 2.98. The molecule has 3 aromatic rings. The molecule has 22 heavy (non-hydrogen) atoms. The van der Waals surface area contributed by atoms with Gasteiger partial charge in [0.1, 0.15) is 17.1 Å². The maximum Gasteiger partial charge on any atom is 0.135 e. The summed E-state index contributed by atoms with van der Waals surface area (Å²) in [6.45, 7) is 2.24. The third-order valence-electron chi connectivity index (χ3n) is 4.03. The Hall–Kier alpha value is -2.22. The Morgan fingerprint density at radius 2 is 1.77 bits per heavy atom. The normalized spacial score (nSPS) is 11.0. The Morgan fingerprint density at radius 1 is 0.955 bits per heavy atom. The largest absolute Gasteiger partial charge is 0.497 e. The molecule has 0 spiro atoms. The Labute approximate surface area is 131 Å². The number of hydrogen-bond donors (Lipinski definition) is 0. The summed E-state index contributed by atoms with van der Waals surface area (Å²) in [6.07, 6.45) is 4.99. The van der Waals surface area contributed by atoms with Gasteiger partial charge in [-0.25, -0.2) is 0 Å². The van der Waals surface area contributed by atoms with Gasteiger partial charge >= 0.3 is 0 Å². The van der Waals surface area contributed by atoms with Gasteiger partial charge in [-0.3, -0.25) is 0 Å². The van der Waals surface area contributed by atoms with Crippen LogP contribution in [0.3, 0.4) is 0 Å². The van der Waals surface area contributed by atoms with Crippen LogP contribution < -0.4 is 4.74 Å². The molecule has 0 aliphatic rings. The molecule has 0 saturated carbocycles. The molecular formula is C20H22O2. The van der Waals surface area contributed by atoms with Crippen LogP contribution in [0.5, 0.6) is 5.75 Å². The summed E-state index contributed by atoms with van der Waals surface area (Å²) in [4.78, 5) is 0. The van der Waals surface area contributed by atoms with Crippen molar-refractivity contribution in [2.24, 2.45) is 0 Å². The highest BCUT2D eigenvalue weighted by atomic mass is 16.5. The second-order valence-electron chi connectivity index (χ2n) is 5.67. The van der Waals surface area contributed by atoms with Crippen molar-refractivity contribution >= 4 is 11.0 Å². The maximum absolute atomic E-state index is 5.94. The van der Waals surface area contributed by atoms with Crippen molar-refractivity contribution < 1.29 is 9.15 Å². The predicted molar refractivity (Wildman–Crippen MR) is 91.4 cm³/mol. The van der Waals surface area contributed by atoms with E-state index in [1.807, 2.05) is 18.2 Å². The highest BCUT2D eigenvalue weighted by molar-refractivity contribution is 5.84. The van der Waals surface area contributed by atoms with Crippen molar-refractivity contribution in [1.82, 2.24) is 0 Å². The van der Waals surface area contributed by atoms with Crippen LogP contribution in [0.1, 0.15) is 31.7 Å². The van der Waals surface area contributed by atoms with Gasteiger partial charge in [-0.2, -0.15) is 0 Å². The number of furan rings is 1. The molecule has 0 N–H and O–H groups in total. The molecule has 3 rings (SSSR count). The Morgan fingerprint density at radius 3 is 2.50 bits per heavy atom. The molecule has 0 saturated heterocycles. The van der Waals surface area contributed by atoms with Gasteiger partial charge in [0.25, 0.3) is 0 Å². The molecule has 0 aliphatic carbocycles. The van der Waals surface area contributed by atoms with Crippen LogP contribution in [0.2, 0.25) is 0 Å². The highest BCUT2D eigenvalue weighted by Gasteiger charge is 2.07. The topological polar surface area (TPSA) is 22.4 Å². The van der Waals surface area contributed by atoms with E-state index >= 15 is 0 Å². The second-order valence-corrected chi connectivity index (χ2v) is 5.67. The van der Waals surface area contributed by atoms with Crippen LogP contribution in [0.25, 0.3) is 22.3 Å². The van der Waals surface area contributed by atoms with Gasteiger partial charge in [0, 0.05) is 10.9 Å². The number of fused-ring (bicyclic) bond motifs is 1. The summed E-state index contributed by atoms with van der Waals surface area (Å²) in [7, 11) is 1.68. The highest BCUT2D eigenvalue weighted by Crippen LogP contribution is 2.30. The fourth-order valence-electron chi connectivity index (χ4n) is 2.71. The van der Waals surface area contributed by atoms with E-state index in [2.05, 4.69) is 37.3 Å². The predicted octanol–water partition coefficient (Wildman–Crippen LogP) is 5.84. The lowest BCUT2D eigenvalue weighted by Crippen LogP contribution is -1.85. The first-order valence-corrected chi connectivity index (χ1v) is 7.97. The number of rotatable bonds is 6. The van der Waals surface area contributed by atoms with Gasteiger partial charge < -0.3 is 9.15 Å². The average molecular weight is 294 g/mol. The SMILES string of the molecule is CCCCCc1ccc(-c2cc3cc(OC)ccc3o2)cc1. The molecule has 2 aromatic carbocycles. The molecule has 2 nitrogen and oxygen atoms in total. The lowest BCUT2D eigenvalue weighted by molar-refractivity contribution is 0.415. The zero-order valence-corrected chi connectivity index (χ0v) is 13.3. The van der Waals surface area contributed by atoms with Gasteiger partial charge in [-0.15, -0.1) is 0 Å². The lowest BCUT2D eigenvalue weighted by Gasteiger charge is -2.02. The van der Waals surface area contributed by atoms with E-state index in [1.165, 1.54) is 24.8 Å². The lowest BCUT2D eigenvalue weighted by atomic mass is 10.0. The second kappa shape index (κ2) is 6.69. The minimum Gasteiger partial charge on any atom is -0.497 e. The van der Waals surface area contributed by atoms with E-state index in [0.29, 0.717) is 0 Å². The summed E-state index contributed by atoms with van der Waals surface area (Å²) in [5.74, 6) is 1.76. The maximum atomic E-state index is 5.94. The Kier molecular flexibility index (Phi) is 4.47. The smallest absolute Gasteiger partial charge is 0.135 e. The zero-order chi connectivity index (χ0) is 15.4. The fraction of sp³-hybridized carbons (Fsp3) is 0.300. The summed E-state index contributed by atoms with van der Waals surface area (Å²) in [6, 6.07) is 16.7. The van der Waals surface area contributed by atoms with Crippen LogP contribution in [-0.2, 0) is 6.42 Å². The number of aryl methyl sites for hydroxylation is 1. The minimum absolute atomic E-state index is 0.853. The number of unbranched alkanes of at least 4 members (excludes halogenated alkanes) is 2. The molecule has 0 aliphatic heterocycles. The standard InChI is InChI=1S/C20H22O2/c1-3-4-5-6-15-7-9-16(10-8-15)20-14-17-13-18(21-2)11-12-19(17)22-20/h7-14H,3-6H2,1-2H3. The molecule has 1 heterocycles. The first-order chi connectivity index (χ1) is 10.8. The van der Waals surface area contributed by atoms with Gasteiger partial charge in [0.15, 0.2) is 0 Å². The summed E-state index contributed by atoms with van der Waals surface area (Å²) in [5.41, 5.74) is 3.41. The van der Waals surface area contributed by atoms with Crippen LogP contribution in [-0.4, -0.2) is 7.11 Å². The fourth-order valence-corrected chi connectivity index (χ4v) is 2.71. The summed E-state index contributed by atoms with van der Waals surface area (Å²) < 4.78 is 11.2. The summed E-state index contributed by atoms with van der Waals surface area (Å²) >= 11 is 0. The Balaban J connectivity index is 1.81. The third-order valence-corrected chi connectivity index (χ3v) is 4.03. The van der Waals surface area contributed by atoms with Crippen molar-refractivity contribution in [2.45, 2.75) is 32.6 Å². The minimum atomic E-state index is 0.853. The number of hydrogen-bond acceptors (Lipinski definition) is 2. The number of benzene rings is 2. The molecule has 0 bridgehead atoms. The molecule has 0 amide bonds. The first-order valence-electron chi connectivity index (χ1n) is 7.97. The van der Waals surface area contributed by atoms with Gasteiger partial charge in [-0.1, -0.05) is 44.0 Å². The van der Waals surface area contributed by atoms with E-state index in [4.69, 9.17) is 9.15 Å².